The molecule has 4 aromatic rings. The van der Waals surface area contributed by atoms with Crippen LogP contribution in [0.3, 0.4) is 0 Å². The van der Waals surface area contributed by atoms with Crippen LogP contribution in [0.2, 0.25) is 5.02 Å². The zero-order valence-electron chi connectivity index (χ0n) is 14.1. The number of halogens is 1. The standard InChI is InChI=1S/C21H14ClN3O2/c22-16-12-10-14(11-13-16)19-23-18-9-5-4-8-17(18)21(27)25(19)24-20(26)15-6-2-1-3-7-15/h1-13H,(H,24,26). The van der Waals surface area contributed by atoms with E-state index in [1.54, 1.807) is 66.7 Å². The highest BCUT2D eigenvalue weighted by atomic mass is 35.5. The van der Waals surface area contributed by atoms with Crippen LogP contribution in [0.1, 0.15) is 10.4 Å². The molecule has 5 nitrogen and oxygen atoms in total. The molecule has 0 aliphatic rings. The Kier molecular flexibility index (Phi) is 4.44. The molecule has 0 aliphatic carbocycles. The lowest BCUT2D eigenvalue weighted by Crippen LogP contribution is -2.35. The summed E-state index contributed by atoms with van der Waals surface area (Å²) < 4.78 is 1.18. The van der Waals surface area contributed by atoms with Crippen LogP contribution in [0.4, 0.5) is 0 Å². The first-order valence-corrected chi connectivity index (χ1v) is 8.65. The fourth-order valence-electron chi connectivity index (χ4n) is 2.78. The zero-order valence-corrected chi connectivity index (χ0v) is 14.9. The monoisotopic (exact) mass is 375 g/mol. The maximum atomic E-state index is 13.0. The van der Waals surface area contributed by atoms with Crippen LogP contribution in [0.25, 0.3) is 22.3 Å². The second-order valence-corrected chi connectivity index (χ2v) is 6.34. The molecule has 0 aliphatic heterocycles. The fourth-order valence-corrected chi connectivity index (χ4v) is 2.91. The number of para-hydroxylation sites is 1. The van der Waals surface area contributed by atoms with E-state index in [-0.39, 0.29) is 5.56 Å². The molecule has 3 aromatic carbocycles. The van der Waals surface area contributed by atoms with Crippen LogP contribution in [-0.4, -0.2) is 15.6 Å². The highest BCUT2D eigenvalue weighted by molar-refractivity contribution is 6.30. The summed E-state index contributed by atoms with van der Waals surface area (Å²) in [4.78, 5) is 30.2. The molecule has 0 saturated carbocycles. The quantitative estimate of drug-likeness (QED) is 0.586. The average molecular weight is 376 g/mol. The van der Waals surface area contributed by atoms with Gasteiger partial charge in [0.1, 0.15) is 0 Å². The number of hydrogen-bond acceptors (Lipinski definition) is 3. The number of aromatic nitrogens is 2. The lowest BCUT2D eigenvalue weighted by Gasteiger charge is -2.14. The van der Waals surface area contributed by atoms with Gasteiger partial charge in [-0.1, -0.05) is 41.9 Å². The smallest absolute Gasteiger partial charge is 0.267 e. The predicted molar refractivity (Wildman–Crippen MR) is 107 cm³/mol. The molecule has 0 saturated heterocycles. The van der Waals surface area contributed by atoms with Crippen molar-refractivity contribution >= 4 is 28.4 Å². The third kappa shape index (κ3) is 3.32. The van der Waals surface area contributed by atoms with Crippen molar-refractivity contribution in [2.75, 3.05) is 5.43 Å². The average Bonchev–Trinajstić information content (AvgIpc) is 2.71. The van der Waals surface area contributed by atoms with Crippen LogP contribution >= 0.6 is 11.6 Å². The molecule has 132 valence electrons. The fraction of sp³-hybridized carbons (Fsp3) is 0. The number of carbonyl (C=O) groups excluding carboxylic acids is 1. The number of amides is 1. The summed E-state index contributed by atoms with van der Waals surface area (Å²) in [6, 6.07) is 22.6. The minimum absolute atomic E-state index is 0.333. The third-order valence-electron chi connectivity index (χ3n) is 4.13. The molecule has 0 spiro atoms. The van der Waals surface area contributed by atoms with Gasteiger partial charge in [0.05, 0.1) is 10.9 Å². The predicted octanol–water partition coefficient (Wildman–Crippen LogP) is 4.10. The van der Waals surface area contributed by atoms with Gasteiger partial charge >= 0.3 is 0 Å². The molecule has 27 heavy (non-hydrogen) atoms. The molecule has 0 fully saturated rings. The van der Waals surface area contributed by atoms with E-state index in [2.05, 4.69) is 10.4 Å². The summed E-state index contributed by atoms with van der Waals surface area (Å²) in [5.41, 5.74) is 3.98. The van der Waals surface area contributed by atoms with Crippen LogP contribution in [0, 0.1) is 0 Å². The third-order valence-corrected chi connectivity index (χ3v) is 4.38. The molecular weight excluding hydrogens is 362 g/mol. The van der Waals surface area contributed by atoms with E-state index in [9.17, 15) is 9.59 Å². The summed E-state index contributed by atoms with van der Waals surface area (Å²) in [7, 11) is 0. The van der Waals surface area contributed by atoms with Gasteiger partial charge in [-0.2, -0.15) is 4.68 Å². The van der Waals surface area contributed by atoms with Gasteiger partial charge in [0, 0.05) is 16.1 Å². The molecule has 4 rings (SSSR count). The van der Waals surface area contributed by atoms with E-state index in [0.717, 1.165) is 0 Å². The van der Waals surface area contributed by atoms with Crippen molar-refractivity contribution in [3.63, 3.8) is 0 Å². The zero-order chi connectivity index (χ0) is 18.8. The Morgan fingerprint density at radius 3 is 2.30 bits per heavy atom. The molecule has 0 unspecified atom stereocenters. The number of benzene rings is 3. The second kappa shape index (κ2) is 7.05. The SMILES string of the molecule is O=C(Nn1c(-c2ccc(Cl)cc2)nc2ccccc2c1=O)c1ccccc1. The first kappa shape index (κ1) is 17.0. The van der Waals surface area contributed by atoms with E-state index < -0.39 is 5.91 Å². The lowest BCUT2D eigenvalue weighted by molar-refractivity contribution is 0.101. The first-order chi connectivity index (χ1) is 13.1. The summed E-state index contributed by atoms with van der Waals surface area (Å²) in [5, 5.41) is 0.991. The van der Waals surface area contributed by atoms with Gasteiger partial charge in [-0.25, -0.2) is 4.98 Å². The summed E-state index contributed by atoms with van der Waals surface area (Å²) in [5.74, 6) is -0.0651. The molecule has 1 heterocycles. The highest BCUT2D eigenvalue weighted by Gasteiger charge is 2.15. The van der Waals surface area contributed by atoms with E-state index in [1.807, 2.05) is 12.1 Å². The van der Waals surface area contributed by atoms with Gasteiger partial charge < -0.3 is 0 Å². The molecule has 1 aromatic heterocycles. The van der Waals surface area contributed by atoms with Crippen molar-refractivity contribution in [1.29, 1.82) is 0 Å². The van der Waals surface area contributed by atoms with Gasteiger partial charge in [-0.3, -0.25) is 15.0 Å². The molecule has 1 N–H and O–H groups in total. The number of hydrogen-bond donors (Lipinski definition) is 1. The van der Waals surface area contributed by atoms with Gasteiger partial charge in [0.15, 0.2) is 5.82 Å². The van der Waals surface area contributed by atoms with Crippen molar-refractivity contribution in [3.8, 4) is 11.4 Å². The van der Waals surface area contributed by atoms with Crippen molar-refractivity contribution in [3.05, 3.63) is 99.8 Å². The number of nitrogens with one attached hydrogen (secondary N) is 1. The summed E-state index contributed by atoms with van der Waals surface area (Å²) in [6.07, 6.45) is 0. The van der Waals surface area contributed by atoms with Crippen LogP contribution in [0.5, 0.6) is 0 Å². The normalized spacial score (nSPS) is 10.7. The van der Waals surface area contributed by atoms with E-state index in [0.29, 0.717) is 32.9 Å². The maximum absolute atomic E-state index is 13.0. The Labute approximate surface area is 159 Å². The summed E-state index contributed by atoms with van der Waals surface area (Å²) >= 11 is 5.97. The number of carbonyl (C=O) groups is 1. The minimum Gasteiger partial charge on any atom is -0.267 e. The number of rotatable bonds is 3. The summed E-state index contributed by atoms with van der Waals surface area (Å²) in [6.45, 7) is 0. The van der Waals surface area contributed by atoms with Crippen molar-refractivity contribution in [2.45, 2.75) is 0 Å². The highest BCUT2D eigenvalue weighted by Crippen LogP contribution is 2.20. The van der Waals surface area contributed by atoms with E-state index in [4.69, 9.17) is 11.6 Å². The van der Waals surface area contributed by atoms with E-state index in [1.165, 1.54) is 4.68 Å². The van der Waals surface area contributed by atoms with Crippen molar-refractivity contribution < 1.29 is 4.79 Å². The van der Waals surface area contributed by atoms with Crippen LogP contribution in [0.15, 0.2) is 83.7 Å². The maximum Gasteiger partial charge on any atom is 0.280 e. The molecule has 1 amide bonds. The molecule has 0 bridgehead atoms. The number of nitrogens with zero attached hydrogens (tertiary/aromatic N) is 2. The Morgan fingerprint density at radius 1 is 0.889 bits per heavy atom. The molecule has 6 heteroatoms. The van der Waals surface area contributed by atoms with Gasteiger partial charge in [0.2, 0.25) is 0 Å². The lowest BCUT2D eigenvalue weighted by atomic mass is 10.2. The Balaban J connectivity index is 1.90. The molecule has 0 radical (unpaired) electrons. The minimum atomic E-state index is -0.398. The topological polar surface area (TPSA) is 64.0 Å². The van der Waals surface area contributed by atoms with E-state index >= 15 is 0 Å². The van der Waals surface area contributed by atoms with Crippen molar-refractivity contribution in [2.24, 2.45) is 0 Å². The van der Waals surface area contributed by atoms with Crippen molar-refractivity contribution in [1.82, 2.24) is 9.66 Å². The first-order valence-electron chi connectivity index (χ1n) is 8.27. The van der Waals surface area contributed by atoms with Crippen LogP contribution < -0.4 is 11.0 Å². The second-order valence-electron chi connectivity index (χ2n) is 5.91. The molecular formula is C21H14ClN3O2. The molecule has 0 atom stereocenters. The van der Waals surface area contributed by atoms with Crippen LogP contribution in [-0.2, 0) is 0 Å². The largest absolute Gasteiger partial charge is 0.280 e. The van der Waals surface area contributed by atoms with Gasteiger partial charge in [-0.05, 0) is 48.5 Å². The Hall–Kier alpha value is -3.44. The Bertz CT molecular complexity index is 1190. The van der Waals surface area contributed by atoms with Gasteiger partial charge in [-0.15, -0.1) is 0 Å². The van der Waals surface area contributed by atoms with Gasteiger partial charge in [0.25, 0.3) is 11.5 Å². The number of fused-ring (bicyclic) bond motifs is 1. The Morgan fingerprint density at radius 2 is 1.56 bits per heavy atom.